The first kappa shape index (κ1) is 29.6. The molecule has 0 spiro atoms. The fourth-order valence-electron chi connectivity index (χ4n) is 5.35. The molecule has 6 heteroatoms. The number of benzene rings is 4. The molecule has 6 nitrogen and oxygen atoms in total. The van der Waals surface area contributed by atoms with Gasteiger partial charge in [-0.15, -0.1) is 0 Å². The summed E-state index contributed by atoms with van der Waals surface area (Å²) in [5.41, 5.74) is -0.864. The van der Waals surface area contributed by atoms with Crippen LogP contribution in [0, 0.1) is 0 Å². The summed E-state index contributed by atoms with van der Waals surface area (Å²) in [6.45, 7) is 0. The van der Waals surface area contributed by atoms with E-state index in [0.717, 1.165) is 22.3 Å². The highest BCUT2D eigenvalue weighted by Crippen LogP contribution is 2.31. The predicted molar refractivity (Wildman–Crippen MR) is 155 cm³/mol. The lowest BCUT2D eigenvalue weighted by atomic mass is 9.76. The zero-order valence-corrected chi connectivity index (χ0v) is 22.4. The fraction of sp³-hybridized carbons (Fsp3) is 0.294. The van der Waals surface area contributed by atoms with Crippen molar-refractivity contribution in [1.29, 1.82) is 0 Å². The standard InChI is InChI=1S/C34H38O6/c35-29(31(37)33(39,21-25-13-5-1-6-14-25)22-26-15-7-2-8-16-26)30(36)32(38)34(40,23-27-17-9-3-10-18-27)24-28-19-11-4-12-20-28/h1-20,29-32,35-40H,21-24H2/t29-,30-,31-,32-/m0/s1. The van der Waals surface area contributed by atoms with Gasteiger partial charge in [-0.3, -0.25) is 0 Å². The van der Waals surface area contributed by atoms with Gasteiger partial charge in [-0.05, 0) is 22.3 Å². The number of aliphatic hydroxyl groups excluding tert-OH is 4. The van der Waals surface area contributed by atoms with Crippen LogP contribution in [0.1, 0.15) is 22.3 Å². The Hall–Kier alpha value is -3.36. The summed E-state index contributed by atoms with van der Waals surface area (Å²) in [6, 6.07) is 36.3. The van der Waals surface area contributed by atoms with Crippen LogP contribution in [-0.2, 0) is 25.7 Å². The lowest BCUT2D eigenvalue weighted by molar-refractivity contribution is -0.197. The van der Waals surface area contributed by atoms with Gasteiger partial charge in [-0.2, -0.15) is 0 Å². The molecule has 0 aliphatic heterocycles. The first-order valence-corrected chi connectivity index (χ1v) is 13.5. The molecule has 0 saturated heterocycles. The largest absolute Gasteiger partial charge is 0.387 e. The Labute approximate surface area is 235 Å². The first-order valence-electron chi connectivity index (χ1n) is 13.5. The molecule has 0 saturated carbocycles. The Morgan fingerprint density at radius 3 is 0.775 bits per heavy atom. The third kappa shape index (κ3) is 7.43. The molecular formula is C34H38O6. The molecule has 0 heterocycles. The van der Waals surface area contributed by atoms with Crippen LogP contribution in [0.5, 0.6) is 0 Å². The van der Waals surface area contributed by atoms with Gasteiger partial charge < -0.3 is 30.6 Å². The van der Waals surface area contributed by atoms with Crippen molar-refractivity contribution in [3.05, 3.63) is 144 Å². The van der Waals surface area contributed by atoms with Crippen LogP contribution >= 0.6 is 0 Å². The molecule has 6 N–H and O–H groups in total. The molecule has 4 aromatic rings. The lowest BCUT2D eigenvalue weighted by Gasteiger charge is -2.42. The quantitative estimate of drug-likeness (QED) is 0.155. The molecule has 0 fully saturated rings. The average molecular weight is 543 g/mol. The first-order chi connectivity index (χ1) is 19.2. The summed E-state index contributed by atoms with van der Waals surface area (Å²) in [5.74, 6) is 0. The fourth-order valence-corrected chi connectivity index (χ4v) is 5.35. The van der Waals surface area contributed by atoms with E-state index in [4.69, 9.17) is 0 Å². The molecule has 0 aliphatic rings. The summed E-state index contributed by atoms with van der Waals surface area (Å²) < 4.78 is 0. The van der Waals surface area contributed by atoms with Crippen molar-refractivity contribution in [1.82, 2.24) is 0 Å². The van der Waals surface area contributed by atoms with E-state index in [1.807, 2.05) is 72.8 Å². The highest BCUT2D eigenvalue weighted by atomic mass is 16.4. The van der Waals surface area contributed by atoms with Crippen LogP contribution in [0.3, 0.4) is 0 Å². The lowest BCUT2D eigenvalue weighted by Crippen LogP contribution is -2.62. The molecule has 0 unspecified atom stereocenters. The van der Waals surface area contributed by atoms with Crippen LogP contribution < -0.4 is 0 Å². The normalized spacial score (nSPS) is 15.2. The number of hydrogen-bond acceptors (Lipinski definition) is 6. The molecule has 0 aliphatic carbocycles. The second-order valence-electron chi connectivity index (χ2n) is 10.7. The van der Waals surface area contributed by atoms with Crippen molar-refractivity contribution in [3.63, 3.8) is 0 Å². The van der Waals surface area contributed by atoms with Gasteiger partial charge in [0.05, 0.1) is 0 Å². The van der Waals surface area contributed by atoms with Crippen molar-refractivity contribution in [2.24, 2.45) is 0 Å². The molecule has 4 atom stereocenters. The van der Waals surface area contributed by atoms with Crippen molar-refractivity contribution < 1.29 is 30.6 Å². The van der Waals surface area contributed by atoms with Gasteiger partial charge in [0.15, 0.2) is 0 Å². The van der Waals surface area contributed by atoms with Gasteiger partial charge in [-0.1, -0.05) is 121 Å². The van der Waals surface area contributed by atoms with E-state index >= 15 is 0 Å². The smallest absolute Gasteiger partial charge is 0.112 e. The zero-order chi connectivity index (χ0) is 28.6. The molecular weight excluding hydrogens is 504 g/mol. The minimum atomic E-state index is -1.97. The van der Waals surface area contributed by atoms with Crippen LogP contribution in [-0.4, -0.2) is 66.3 Å². The van der Waals surface area contributed by atoms with E-state index in [9.17, 15) is 30.6 Å². The van der Waals surface area contributed by atoms with Gasteiger partial charge in [0.1, 0.15) is 35.6 Å². The van der Waals surface area contributed by atoms with E-state index < -0.39 is 35.6 Å². The third-order valence-electron chi connectivity index (χ3n) is 7.51. The van der Waals surface area contributed by atoms with Crippen LogP contribution in [0.4, 0.5) is 0 Å². The van der Waals surface area contributed by atoms with Crippen molar-refractivity contribution in [2.45, 2.75) is 61.3 Å². The van der Waals surface area contributed by atoms with E-state index in [1.165, 1.54) is 0 Å². The summed E-state index contributed by atoms with van der Waals surface area (Å²) in [6.07, 6.45) is -7.68. The van der Waals surface area contributed by atoms with Gasteiger partial charge in [0, 0.05) is 25.7 Å². The highest BCUT2D eigenvalue weighted by molar-refractivity contribution is 5.25. The Kier molecular flexibility index (Phi) is 9.87. The Balaban J connectivity index is 1.62. The van der Waals surface area contributed by atoms with Gasteiger partial charge in [-0.25, -0.2) is 0 Å². The maximum atomic E-state index is 11.8. The second kappa shape index (κ2) is 13.3. The maximum absolute atomic E-state index is 11.8. The van der Waals surface area contributed by atoms with Gasteiger partial charge in [0.25, 0.3) is 0 Å². The highest BCUT2D eigenvalue weighted by Gasteiger charge is 2.48. The monoisotopic (exact) mass is 542 g/mol. The molecule has 0 bridgehead atoms. The zero-order valence-electron chi connectivity index (χ0n) is 22.4. The SMILES string of the molecule is O[C@@H]([C@H](O)[C@H](O)C(O)(Cc1ccccc1)Cc1ccccc1)[C@H](O)C(O)(Cc1ccccc1)Cc1ccccc1. The van der Waals surface area contributed by atoms with Crippen molar-refractivity contribution in [2.75, 3.05) is 0 Å². The summed E-state index contributed by atoms with van der Waals surface area (Å²) in [4.78, 5) is 0. The van der Waals surface area contributed by atoms with Gasteiger partial charge in [0.2, 0.25) is 0 Å². The summed E-state index contributed by atoms with van der Waals surface area (Å²) in [5, 5.41) is 68.8. The topological polar surface area (TPSA) is 121 Å². The molecule has 0 radical (unpaired) electrons. The van der Waals surface area contributed by atoms with Crippen molar-refractivity contribution in [3.8, 4) is 0 Å². The van der Waals surface area contributed by atoms with Crippen LogP contribution in [0.15, 0.2) is 121 Å². The summed E-state index contributed by atoms with van der Waals surface area (Å²) >= 11 is 0. The Bertz CT molecular complexity index is 1100. The molecule has 4 rings (SSSR count). The minimum Gasteiger partial charge on any atom is -0.387 e. The Morgan fingerprint density at radius 2 is 0.575 bits per heavy atom. The van der Waals surface area contributed by atoms with E-state index in [2.05, 4.69) is 0 Å². The van der Waals surface area contributed by atoms with E-state index in [0.29, 0.717) is 0 Å². The van der Waals surface area contributed by atoms with Crippen LogP contribution in [0.25, 0.3) is 0 Å². The Morgan fingerprint density at radius 1 is 0.375 bits per heavy atom. The third-order valence-corrected chi connectivity index (χ3v) is 7.51. The minimum absolute atomic E-state index is 0.0118. The number of rotatable bonds is 13. The summed E-state index contributed by atoms with van der Waals surface area (Å²) in [7, 11) is 0. The second-order valence-corrected chi connectivity index (χ2v) is 10.7. The predicted octanol–water partition coefficient (Wildman–Crippen LogP) is 2.86. The number of hydrogen-bond donors (Lipinski definition) is 6. The van der Waals surface area contributed by atoms with Crippen LogP contribution in [0.2, 0.25) is 0 Å². The molecule has 4 aromatic carbocycles. The molecule has 0 aromatic heterocycles. The molecule has 0 amide bonds. The van der Waals surface area contributed by atoms with Crippen molar-refractivity contribution >= 4 is 0 Å². The molecule has 210 valence electrons. The number of aliphatic hydroxyl groups is 6. The average Bonchev–Trinajstić information content (AvgIpc) is 2.97. The van der Waals surface area contributed by atoms with E-state index in [-0.39, 0.29) is 25.7 Å². The molecule has 40 heavy (non-hydrogen) atoms. The maximum Gasteiger partial charge on any atom is 0.112 e. The van der Waals surface area contributed by atoms with Gasteiger partial charge >= 0.3 is 0 Å². The van der Waals surface area contributed by atoms with E-state index in [1.54, 1.807) is 48.5 Å².